The van der Waals surface area contributed by atoms with E-state index in [1.165, 1.54) is 44.0 Å². The van der Waals surface area contributed by atoms with Gasteiger partial charge in [0.25, 0.3) is 0 Å². The van der Waals surface area contributed by atoms with Crippen LogP contribution >= 0.6 is 0 Å². The molecule has 0 saturated carbocycles. The first-order chi connectivity index (χ1) is 34.1. The van der Waals surface area contributed by atoms with E-state index in [2.05, 4.69) is 264 Å². The molecule has 0 bridgehead atoms. The average Bonchev–Trinajstić information content (AvgIpc) is 3.91. The number of hydrogen-bond donors (Lipinski definition) is 0. The molecule has 0 unspecified atom stereocenters. The Morgan fingerprint density at radius 1 is 0.464 bits per heavy atom. The van der Waals surface area contributed by atoms with Gasteiger partial charge in [0.1, 0.15) is 11.7 Å². The third-order valence-electron chi connectivity index (χ3n) is 13.4. The molecule has 0 aliphatic carbocycles. The molecule has 1 aliphatic rings. The monoisotopic (exact) mass is 887 g/mol. The quantitative estimate of drug-likeness (QED) is 0.133. The van der Waals surface area contributed by atoms with E-state index in [1.807, 2.05) is 0 Å². The van der Waals surface area contributed by atoms with Crippen molar-refractivity contribution in [2.45, 2.75) is 26.2 Å². The highest BCUT2D eigenvalue weighted by molar-refractivity contribution is 6.18. The summed E-state index contributed by atoms with van der Waals surface area (Å²) in [5, 5.41) is 4.74. The van der Waals surface area contributed by atoms with Gasteiger partial charge in [-0.1, -0.05) is 176 Å². The summed E-state index contributed by atoms with van der Waals surface area (Å²) in [4.78, 5) is 13.6. The normalized spacial score (nSPS) is 15.2. The highest BCUT2D eigenvalue weighted by Gasteiger charge is 2.23. The fourth-order valence-corrected chi connectivity index (χ4v) is 10.1. The van der Waals surface area contributed by atoms with E-state index in [0.717, 1.165) is 74.6 Å². The van der Waals surface area contributed by atoms with Gasteiger partial charge in [-0.2, -0.15) is 0 Å². The van der Waals surface area contributed by atoms with Gasteiger partial charge in [-0.25, -0.2) is 9.98 Å². The number of fused-ring (bicyclic) bond motifs is 6. The number of hydrogen-bond acceptors (Lipinski definition) is 3. The van der Waals surface area contributed by atoms with Crippen LogP contribution in [0.2, 0.25) is 0 Å². The molecule has 0 N–H and O–H groups in total. The van der Waals surface area contributed by atoms with E-state index in [1.54, 1.807) is 0 Å². The maximum absolute atomic E-state index is 5.66. The molecule has 69 heavy (non-hydrogen) atoms. The largest absolute Gasteiger partial charge is 0.310 e. The van der Waals surface area contributed by atoms with Crippen LogP contribution < -0.4 is 4.90 Å². The van der Waals surface area contributed by atoms with Crippen LogP contribution in [0.25, 0.3) is 61.1 Å². The van der Waals surface area contributed by atoms with Crippen LogP contribution in [0.15, 0.2) is 252 Å². The minimum Gasteiger partial charge on any atom is -0.310 e. The standard InChI is InChI=1S/C64H49N5/c1-45-35-40-62(68-58-33-19-17-31-54(58)56-43-49(36-38-60(56)68)50(41-46-21-7-2-8-22-46)42-47-23-9-3-10-24-47)65-63(48-25-11-4-12-26-48)66-64(45)69-59-34-20-18-32-55(59)57-44-53(37-39-61(57)69)67(51-27-13-5-14-28-51)52-29-15-6-16-30-52/h2-34,36-39,41,43-44H,35,40,42H2,1H3/b50-41-,64-45-,65-62?,66-63-. The average molecular weight is 888 g/mol. The molecule has 5 nitrogen and oxygen atoms in total. The van der Waals surface area contributed by atoms with Crippen molar-refractivity contribution in [3.8, 4) is 0 Å². The molecular formula is C64H49N5. The molecule has 5 heteroatoms. The number of aromatic nitrogens is 2. The van der Waals surface area contributed by atoms with Gasteiger partial charge in [-0.05, 0) is 114 Å². The molecule has 0 spiro atoms. The summed E-state index contributed by atoms with van der Waals surface area (Å²) in [7, 11) is 0. The molecule has 0 radical (unpaired) electrons. The van der Waals surface area contributed by atoms with Crippen LogP contribution in [0.3, 0.4) is 0 Å². The van der Waals surface area contributed by atoms with Crippen molar-refractivity contribution in [3.63, 3.8) is 0 Å². The Bertz CT molecular complexity index is 3750. The van der Waals surface area contributed by atoms with Crippen LogP contribution in [0.4, 0.5) is 17.1 Å². The zero-order valence-corrected chi connectivity index (χ0v) is 38.5. The summed E-state index contributed by atoms with van der Waals surface area (Å²) >= 11 is 0. The summed E-state index contributed by atoms with van der Waals surface area (Å²) < 4.78 is 4.75. The summed E-state index contributed by atoms with van der Waals surface area (Å²) in [6.07, 6.45) is 4.65. The first kappa shape index (κ1) is 41.6. The Morgan fingerprint density at radius 2 is 0.986 bits per heavy atom. The van der Waals surface area contributed by atoms with Gasteiger partial charge >= 0.3 is 0 Å². The number of allylic oxidation sites excluding steroid dienone is 2. The van der Waals surface area contributed by atoms with Gasteiger partial charge in [0.2, 0.25) is 0 Å². The number of amidine groups is 1. The Balaban J connectivity index is 1.01. The van der Waals surface area contributed by atoms with Gasteiger partial charge < -0.3 is 4.90 Å². The summed E-state index contributed by atoms with van der Waals surface area (Å²) in [5.41, 5.74) is 14.9. The number of nitrogens with zero attached hydrogens (tertiary/aromatic N) is 5. The number of benzene rings is 9. The van der Waals surface area contributed by atoms with Crippen LogP contribution in [-0.4, -0.2) is 20.8 Å². The van der Waals surface area contributed by atoms with Gasteiger partial charge in [0, 0.05) is 50.6 Å². The van der Waals surface area contributed by atoms with Crippen molar-refractivity contribution in [2.24, 2.45) is 9.98 Å². The molecule has 12 rings (SSSR count). The fourth-order valence-electron chi connectivity index (χ4n) is 10.1. The van der Waals surface area contributed by atoms with E-state index < -0.39 is 0 Å². The van der Waals surface area contributed by atoms with Crippen LogP contribution in [0.1, 0.15) is 42.0 Å². The number of rotatable bonds is 9. The molecule has 0 saturated heterocycles. The van der Waals surface area contributed by atoms with E-state index in [-0.39, 0.29) is 0 Å². The number of aliphatic imine (C=N–C) groups is 2. The number of anilines is 3. The van der Waals surface area contributed by atoms with Crippen molar-refractivity contribution in [2.75, 3.05) is 4.90 Å². The summed E-state index contributed by atoms with van der Waals surface area (Å²) in [6.45, 7) is 2.25. The topological polar surface area (TPSA) is 37.8 Å². The van der Waals surface area contributed by atoms with Crippen LogP contribution in [0, 0.1) is 0 Å². The molecule has 0 atom stereocenters. The van der Waals surface area contributed by atoms with Gasteiger partial charge in [-0.3, -0.25) is 9.13 Å². The minimum absolute atomic E-state index is 0.681. The SMILES string of the molecule is C/C1=C(n2c3ccccc3c3cc(N(c4ccccc4)c4ccccc4)ccc32)\N=C(\c2ccccc2)N=C(n2c3ccccc3c3cc(/C(=C\c4ccccc4)Cc4ccccc4)ccc32)CC1. The summed E-state index contributed by atoms with van der Waals surface area (Å²) in [5.74, 6) is 2.55. The van der Waals surface area contributed by atoms with Crippen molar-refractivity contribution < 1.29 is 0 Å². The maximum Gasteiger partial charge on any atom is 0.163 e. The van der Waals surface area contributed by atoms with Crippen molar-refractivity contribution >= 4 is 89.8 Å². The Hall–Kier alpha value is -8.80. The second kappa shape index (κ2) is 18.1. The van der Waals surface area contributed by atoms with E-state index >= 15 is 0 Å². The lowest BCUT2D eigenvalue weighted by atomic mass is 9.95. The second-order valence-corrected chi connectivity index (χ2v) is 17.8. The molecular weight excluding hydrogens is 839 g/mol. The maximum atomic E-state index is 5.66. The zero-order chi connectivity index (χ0) is 46.1. The predicted octanol–water partition coefficient (Wildman–Crippen LogP) is 16.5. The molecule has 0 fully saturated rings. The van der Waals surface area contributed by atoms with Gasteiger partial charge in [-0.15, -0.1) is 0 Å². The van der Waals surface area contributed by atoms with Gasteiger partial charge in [0.05, 0.1) is 22.1 Å². The predicted molar refractivity (Wildman–Crippen MR) is 292 cm³/mol. The molecule has 1 aliphatic heterocycles. The van der Waals surface area contributed by atoms with Crippen LogP contribution in [-0.2, 0) is 6.42 Å². The first-order valence-electron chi connectivity index (χ1n) is 23.8. The lowest BCUT2D eigenvalue weighted by molar-refractivity contribution is 0.949. The van der Waals surface area contributed by atoms with Crippen molar-refractivity contribution in [3.05, 3.63) is 264 Å². The third-order valence-corrected chi connectivity index (χ3v) is 13.4. The molecule has 9 aromatic carbocycles. The van der Waals surface area contributed by atoms with Gasteiger partial charge in [0.15, 0.2) is 5.84 Å². The van der Waals surface area contributed by atoms with E-state index in [0.29, 0.717) is 12.3 Å². The molecule has 2 aromatic heterocycles. The highest BCUT2D eigenvalue weighted by Crippen LogP contribution is 2.41. The molecule has 3 heterocycles. The second-order valence-electron chi connectivity index (χ2n) is 17.8. The van der Waals surface area contributed by atoms with Crippen LogP contribution in [0.5, 0.6) is 0 Å². The molecule has 330 valence electrons. The smallest absolute Gasteiger partial charge is 0.163 e. The summed E-state index contributed by atoms with van der Waals surface area (Å²) in [6, 6.07) is 84.4. The first-order valence-corrected chi connectivity index (χ1v) is 23.8. The fraction of sp³-hybridized carbons (Fsp3) is 0.0625. The lowest BCUT2D eigenvalue weighted by Crippen LogP contribution is -2.17. The Morgan fingerprint density at radius 3 is 1.65 bits per heavy atom. The zero-order valence-electron chi connectivity index (χ0n) is 38.5. The Kier molecular flexibility index (Phi) is 10.9. The Labute approximate surface area is 402 Å². The molecule has 0 amide bonds. The lowest BCUT2D eigenvalue weighted by Gasteiger charge is -2.25. The molecule has 11 aromatic rings. The van der Waals surface area contributed by atoms with E-state index in [4.69, 9.17) is 9.98 Å². The highest BCUT2D eigenvalue weighted by atomic mass is 15.2. The van der Waals surface area contributed by atoms with Crippen molar-refractivity contribution in [1.29, 1.82) is 0 Å². The van der Waals surface area contributed by atoms with Crippen molar-refractivity contribution in [1.82, 2.24) is 9.13 Å². The minimum atomic E-state index is 0.681. The third kappa shape index (κ3) is 7.94. The number of para-hydroxylation sites is 4. The van der Waals surface area contributed by atoms with E-state index in [9.17, 15) is 0 Å².